The first kappa shape index (κ1) is 34.8. The van der Waals surface area contributed by atoms with Crippen molar-refractivity contribution in [1.29, 1.82) is 0 Å². The Morgan fingerprint density at radius 3 is 1.70 bits per heavy atom. The Labute approximate surface area is 351 Å². The summed E-state index contributed by atoms with van der Waals surface area (Å²) in [5.41, 5.74) is 20.2. The van der Waals surface area contributed by atoms with E-state index < -0.39 is 0 Å². The normalized spacial score (nSPS) is 14.3. The number of fused-ring (bicyclic) bond motifs is 10. The number of hydrogen-bond donors (Lipinski definition) is 0. The van der Waals surface area contributed by atoms with Crippen molar-refractivity contribution >= 4 is 49.6 Å². The van der Waals surface area contributed by atoms with E-state index in [1.165, 1.54) is 99.6 Å². The number of para-hydroxylation sites is 2. The minimum Gasteiger partial charge on any atom is -0.310 e. The van der Waals surface area contributed by atoms with E-state index in [1.807, 2.05) is 0 Å². The third-order valence-electron chi connectivity index (χ3n) is 13.8. The zero-order chi connectivity index (χ0) is 40.3. The van der Waals surface area contributed by atoms with Crippen LogP contribution < -0.4 is 4.90 Å². The van der Waals surface area contributed by atoms with Crippen molar-refractivity contribution in [3.63, 3.8) is 0 Å². The van der Waals surface area contributed by atoms with Crippen LogP contribution >= 0.6 is 0 Å². The van der Waals surface area contributed by atoms with E-state index in [2.05, 4.69) is 231 Å². The molecule has 12 rings (SSSR count). The summed E-state index contributed by atoms with van der Waals surface area (Å²) < 4.78 is 2.40. The molecule has 2 aliphatic carbocycles. The molecule has 0 N–H and O–H groups in total. The molecule has 9 aromatic carbocycles. The highest BCUT2D eigenvalue weighted by Gasteiger charge is 2.39. The highest BCUT2D eigenvalue weighted by atomic mass is 15.1. The molecule has 0 amide bonds. The van der Waals surface area contributed by atoms with Crippen LogP contribution in [0.1, 0.15) is 49.9 Å². The van der Waals surface area contributed by atoms with Crippen LogP contribution in [0.5, 0.6) is 0 Å². The average Bonchev–Trinajstić information content (AvgIpc) is 3.84. The van der Waals surface area contributed by atoms with E-state index in [-0.39, 0.29) is 10.8 Å². The van der Waals surface area contributed by atoms with Gasteiger partial charge in [-0.2, -0.15) is 0 Å². The van der Waals surface area contributed by atoms with Gasteiger partial charge in [-0.05, 0) is 115 Å². The second-order valence-corrected chi connectivity index (χ2v) is 17.7. The van der Waals surface area contributed by atoms with Crippen LogP contribution in [0.2, 0.25) is 0 Å². The van der Waals surface area contributed by atoms with Gasteiger partial charge < -0.3 is 9.47 Å². The van der Waals surface area contributed by atoms with Crippen molar-refractivity contribution in [2.45, 2.75) is 38.5 Å². The van der Waals surface area contributed by atoms with Crippen LogP contribution in [0.15, 0.2) is 194 Å². The predicted octanol–water partition coefficient (Wildman–Crippen LogP) is 15.7. The van der Waals surface area contributed by atoms with Gasteiger partial charge in [0.2, 0.25) is 0 Å². The van der Waals surface area contributed by atoms with E-state index in [0.29, 0.717) is 0 Å². The zero-order valence-corrected chi connectivity index (χ0v) is 34.4. The highest BCUT2D eigenvalue weighted by Crippen LogP contribution is 2.56. The molecule has 1 heterocycles. The minimum absolute atomic E-state index is 0.0590. The van der Waals surface area contributed by atoms with Crippen molar-refractivity contribution in [2.75, 3.05) is 4.90 Å². The first-order valence-corrected chi connectivity index (χ1v) is 21.2. The molecule has 0 bridgehead atoms. The molecule has 0 aliphatic heterocycles. The molecule has 1 aromatic heterocycles. The maximum absolute atomic E-state index is 2.50. The SMILES string of the molecule is CC1(C)c2ccccc2-c2cc(N(c3ccc(-c4cccc5cc(-n6c7ccccc7c7ccccc76)ccc45)cc3)c3cccc4c3-c3ccccc3C4(C)C)ccc21. The van der Waals surface area contributed by atoms with Crippen LogP contribution in [0.25, 0.3) is 71.6 Å². The molecule has 0 spiro atoms. The lowest BCUT2D eigenvalue weighted by Gasteiger charge is -2.30. The Bertz CT molecular complexity index is 3320. The van der Waals surface area contributed by atoms with Gasteiger partial charge in [0.05, 0.1) is 16.7 Å². The summed E-state index contributed by atoms with van der Waals surface area (Å²) in [6.07, 6.45) is 0. The van der Waals surface area contributed by atoms with Crippen LogP contribution in [0.4, 0.5) is 17.1 Å². The molecule has 0 saturated carbocycles. The van der Waals surface area contributed by atoms with Crippen molar-refractivity contribution < 1.29 is 0 Å². The van der Waals surface area contributed by atoms with Gasteiger partial charge >= 0.3 is 0 Å². The fourth-order valence-electron chi connectivity index (χ4n) is 10.8. The van der Waals surface area contributed by atoms with Crippen LogP contribution in [0.3, 0.4) is 0 Å². The molecule has 0 atom stereocenters. The lowest BCUT2D eigenvalue weighted by atomic mass is 9.82. The summed E-state index contributed by atoms with van der Waals surface area (Å²) in [5.74, 6) is 0. The maximum atomic E-state index is 2.50. The summed E-state index contributed by atoms with van der Waals surface area (Å²) in [5, 5.41) is 5.02. The second kappa shape index (κ2) is 12.7. The van der Waals surface area contributed by atoms with E-state index >= 15 is 0 Å². The quantitative estimate of drug-likeness (QED) is 0.169. The van der Waals surface area contributed by atoms with Crippen molar-refractivity contribution in [3.05, 3.63) is 216 Å². The molecule has 2 aliphatic rings. The van der Waals surface area contributed by atoms with E-state index in [0.717, 1.165) is 11.4 Å². The van der Waals surface area contributed by atoms with Gasteiger partial charge in [-0.25, -0.2) is 0 Å². The van der Waals surface area contributed by atoms with Crippen LogP contribution in [-0.2, 0) is 10.8 Å². The summed E-state index contributed by atoms with van der Waals surface area (Å²) in [7, 11) is 0. The molecule has 286 valence electrons. The van der Waals surface area contributed by atoms with E-state index in [9.17, 15) is 0 Å². The number of benzene rings is 9. The van der Waals surface area contributed by atoms with Gasteiger partial charge in [-0.1, -0.05) is 167 Å². The van der Waals surface area contributed by atoms with Crippen molar-refractivity contribution in [2.24, 2.45) is 0 Å². The lowest BCUT2D eigenvalue weighted by molar-refractivity contribution is 0.660. The predicted molar refractivity (Wildman–Crippen MR) is 254 cm³/mol. The fraction of sp³-hybridized carbons (Fsp3) is 0.103. The van der Waals surface area contributed by atoms with Crippen molar-refractivity contribution in [3.8, 4) is 39.1 Å². The van der Waals surface area contributed by atoms with Crippen LogP contribution in [-0.4, -0.2) is 4.57 Å². The molecular formula is C58H44N2. The number of hydrogen-bond acceptors (Lipinski definition) is 1. The standard InChI is InChI=1S/C58H44N2/c1-57(2)49-21-9-5-16-44(49)48-36-41(32-34-51(48)57)59(55-26-14-23-52-56(55)47-19-6-10-22-50(47)58(52,3)4)39-29-27-37(28-30-39)42-20-13-15-38-35-40(31-33-43(38)42)60-53-24-11-7-17-45(53)46-18-8-12-25-54(46)60/h5-36H,1-4H3. The number of anilines is 3. The largest absolute Gasteiger partial charge is 0.310 e. The zero-order valence-electron chi connectivity index (χ0n) is 34.4. The Morgan fingerprint density at radius 1 is 0.383 bits per heavy atom. The summed E-state index contributed by atoms with van der Waals surface area (Å²) in [6.45, 7) is 9.45. The van der Waals surface area contributed by atoms with Crippen molar-refractivity contribution in [1.82, 2.24) is 4.57 Å². The molecule has 60 heavy (non-hydrogen) atoms. The molecule has 0 radical (unpaired) electrons. The molecule has 10 aromatic rings. The second-order valence-electron chi connectivity index (χ2n) is 17.7. The maximum Gasteiger partial charge on any atom is 0.0543 e. The molecular weight excluding hydrogens is 725 g/mol. The molecule has 0 unspecified atom stereocenters. The number of rotatable bonds is 5. The third kappa shape index (κ3) is 4.88. The number of aromatic nitrogens is 1. The van der Waals surface area contributed by atoms with Gasteiger partial charge in [-0.3, -0.25) is 0 Å². The van der Waals surface area contributed by atoms with E-state index in [4.69, 9.17) is 0 Å². The molecule has 2 nitrogen and oxygen atoms in total. The topological polar surface area (TPSA) is 8.17 Å². The third-order valence-corrected chi connectivity index (χ3v) is 13.8. The average molecular weight is 769 g/mol. The lowest BCUT2D eigenvalue weighted by Crippen LogP contribution is -2.16. The first-order chi connectivity index (χ1) is 29.3. The monoisotopic (exact) mass is 768 g/mol. The van der Waals surface area contributed by atoms with E-state index in [1.54, 1.807) is 0 Å². The van der Waals surface area contributed by atoms with Gasteiger partial charge in [0.1, 0.15) is 0 Å². The van der Waals surface area contributed by atoms with Crippen LogP contribution in [0, 0.1) is 0 Å². The van der Waals surface area contributed by atoms with Gasteiger partial charge in [0.15, 0.2) is 0 Å². The smallest absolute Gasteiger partial charge is 0.0543 e. The minimum atomic E-state index is -0.103. The van der Waals surface area contributed by atoms with Gasteiger partial charge in [0, 0.05) is 44.2 Å². The summed E-state index contributed by atoms with van der Waals surface area (Å²) in [4.78, 5) is 2.50. The Balaban J connectivity index is 1.00. The fourth-order valence-corrected chi connectivity index (χ4v) is 10.8. The van der Waals surface area contributed by atoms with Gasteiger partial charge in [-0.15, -0.1) is 0 Å². The Kier molecular flexibility index (Phi) is 7.36. The molecule has 2 heteroatoms. The first-order valence-electron chi connectivity index (χ1n) is 21.2. The molecule has 0 saturated heterocycles. The Morgan fingerprint density at radius 2 is 0.950 bits per heavy atom. The Hall–Kier alpha value is -7.16. The summed E-state index contributed by atoms with van der Waals surface area (Å²) >= 11 is 0. The molecule has 0 fully saturated rings. The number of nitrogens with zero attached hydrogens (tertiary/aromatic N) is 2. The van der Waals surface area contributed by atoms with Gasteiger partial charge in [0.25, 0.3) is 0 Å². The highest BCUT2D eigenvalue weighted by molar-refractivity contribution is 6.10. The summed E-state index contributed by atoms with van der Waals surface area (Å²) in [6, 6.07) is 72.3.